The number of phenolic OH excluding ortho intramolecular Hbond substituents is 1. The smallest absolute Gasteiger partial charge is 0.326 e. The van der Waals surface area contributed by atoms with Crippen molar-refractivity contribution in [1.29, 1.82) is 0 Å². The van der Waals surface area contributed by atoms with Crippen molar-refractivity contribution >= 4 is 18.0 Å². The van der Waals surface area contributed by atoms with Gasteiger partial charge in [0.25, 0.3) is 0 Å². The van der Waals surface area contributed by atoms with E-state index in [1.54, 1.807) is 12.1 Å². The Kier molecular flexibility index (Phi) is 4.05. The third kappa shape index (κ3) is 3.16. The lowest BCUT2D eigenvalue weighted by Gasteiger charge is -2.19. The lowest BCUT2D eigenvalue weighted by atomic mass is 10.2. The first-order valence-corrected chi connectivity index (χ1v) is 6.16. The summed E-state index contributed by atoms with van der Waals surface area (Å²) < 4.78 is 0. The van der Waals surface area contributed by atoms with Gasteiger partial charge in [-0.3, -0.25) is 4.79 Å². The van der Waals surface area contributed by atoms with Crippen molar-refractivity contribution in [2.75, 3.05) is 6.54 Å². The molecule has 0 bridgehead atoms. The van der Waals surface area contributed by atoms with E-state index < -0.39 is 24.0 Å². The molecular weight excluding hydrogens is 262 g/mol. The zero-order valence-corrected chi connectivity index (χ0v) is 10.6. The lowest BCUT2D eigenvalue weighted by molar-refractivity contribution is -0.146. The van der Waals surface area contributed by atoms with E-state index >= 15 is 0 Å². The minimum Gasteiger partial charge on any atom is -0.508 e. The zero-order chi connectivity index (χ0) is 14.7. The number of carboxylic acid groups (broad SMARTS) is 1. The number of aliphatic hydroxyl groups is 1. The number of phenols is 1. The molecule has 1 saturated heterocycles. The molecule has 1 amide bonds. The van der Waals surface area contributed by atoms with Crippen LogP contribution in [-0.4, -0.2) is 50.8 Å². The first-order valence-electron chi connectivity index (χ1n) is 6.16. The summed E-state index contributed by atoms with van der Waals surface area (Å²) in [6.45, 7) is 0.0235. The summed E-state index contributed by atoms with van der Waals surface area (Å²) in [6, 6.07) is 5.26. The largest absolute Gasteiger partial charge is 0.508 e. The minimum absolute atomic E-state index is 0.0235. The van der Waals surface area contributed by atoms with E-state index in [4.69, 9.17) is 10.2 Å². The first kappa shape index (κ1) is 14.1. The Morgan fingerprint density at radius 1 is 1.25 bits per heavy atom. The Bertz CT molecular complexity index is 537. The van der Waals surface area contributed by atoms with Crippen LogP contribution in [-0.2, 0) is 9.59 Å². The molecule has 106 valence electrons. The first-order chi connectivity index (χ1) is 9.47. The van der Waals surface area contributed by atoms with E-state index in [0.717, 1.165) is 4.90 Å². The van der Waals surface area contributed by atoms with E-state index in [-0.39, 0.29) is 18.7 Å². The molecule has 0 saturated carbocycles. The molecule has 2 unspecified atom stereocenters. The number of aliphatic hydroxyl groups excluding tert-OH is 1. The molecule has 2 atom stereocenters. The topological polar surface area (TPSA) is 98.1 Å². The molecule has 1 heterocycles. The number of β-amino-alcohol motifs (C(OH)–C–C–N with tert-alkyl or cyclic N) is 1. The van der Waals surface area contributed by atoms with Crippen LogP contribution >= 0.6 is 0 Å². The van der Waals surface area contributed by atoms with Crippen LogP contribution in [0.5, 0.6) is 5.75 Å². The summed E-state index contributed by atoms with van der Waals surface area (Å²) in [6.07, 6.45) is 2.04. The van der Waals surface area contributed by atoms with Crippen molar-refractivity contribution in [1.82, 2.24) is 4.90 Å². The van der Waals surface area contributed by atoms with Gasteiger partial charge in [0.2, 0.25) is 5.91 Å². The number of amides is 1. The van der Waals surface area contributed by atoms with E-state index in [1.807, 2.05) is 0 Å². The third-order valence-electron chi connectivity index (χ3n) is 3.16. The van der Waals surface area contributed by atoms with Crippen molar-refractivity contribution in [2.24, 2.45) is 0 Å². The molecular formula is C14H15NO5. The van der Waals surface area contributed by atoms with Crippen LogP contribution in [0.2, 0.25) is 0 Å². The minimum atomic E-state index is -1.12. The molecule has 1 aliphatic heterocycles. The summed E-state index contributed by atoms with van der Waals surface area (Å²) in [7, 11) is 0. The predicted octanol–water partition coefficient (Wildman–Crippen LogP) is 0.452. The van der Waals surface area contributed by atoms with Crippen molar-refractivity contribution < 1.29 is 24.9 Å². The monoisotopic (exact) mass is 277 g/mol. The molecule has 1 fully saturated rings. The van der Waals surface area contributed by atoms with Gasteiger partial charge in [0.1, 0.15) is 11.8 Å². The van der Waals surface area contributed by atoms with Gasteiger partial charge in [-0.1, -0.05) is 12.1 Å². The molecule has 6 heteroatoms. The maximum Gasteiger partial charge on any atom is 0.326 e. The van der Waals surface area contributed by atoms with Crippen LogP contribution < -0.4 is 0 Å². The second-order valence-electron chi connectivity index (χ2n) is 4.66. The Morgan fingerprint density at radius 2 is 1.90 bits per heavy atom. The molecule has 6 nitrogen and oxygen atoms in total. The van der Waals surface area contributed by atoms with Crippen molar-refractivity contribution in [3.05, 3.63) is 35.9 Å². The summed E-state index contributed by atoms with van der Waals surface area (Å²) in [4.78, 5) is 24.1. The fraction of sp³-hybridized carbons (Fsp3) is 0.286. The van der Waals surface area contributed by atoms with E-state index in [9.17, 15) is 14.7 Å². The highest BCUT2D eigenvalue weighted by atomic mass is 16.4. The molecule has 1 aliphatic rings. The van der Waals surface area contributed by atoms with Gasteiger partial charge in [-0.2, -0.15) is 0 Å². The molecule has 0 radical (unpaired) electrons. The van der Waals surface area contributed by atoms with Gasteiger partial charge in [0, 0.05) is 19.0 Å². The second kappa shape index (κ2) is 5.75. The number of carboxylic acids is 1. The molecule has 0 aliphatic carbocycles. The average molecular weight is 277 g/mol. The van der Waals surface area contributed by atoms with Crippen LogP contribution in [0.25, 0.3) is 6.08 Å². The number of rotatable bonds is 3. The Morgan fingerprint density at radius 3 is 2.50 bits per heavy atom. The number of carbonyl (C=O) groups excluding carboxylic acids is 1. The van der Waals surface area contributed by atoms with Crippen LogP contribution in [0, 0.1) is 0 Å². The summed E-state index contributed by atoms with van der Waals surface area (Å²) in [5.74, 6) is -1.45. The SMILES string of the molecule is O=C(O)C1CC(O)CN1C(=O)/C=C/c1ccc(O)cc1. The molecule has 2 rings (SSSR count). The second-order valence-corrected chi connectivity index (χ2v) is 4.66. The normalized spacial score (nSPS) is 22.4. The number of likely N-dealkylation sites (tertiary alicyclic amines) is 1. The van der Waals surface area contributed by atoms with Crippen LogP contribution in [0.3, 0.4) is 0 Å². The number of hydrogen-bond donors (Lipinski definition) is 3. The number of aliphatic carboxylic acids is 1. The van der Waals surface area contributed by atoms with Gasteiger partial charge in [0.15, 0.2) is 0 Å². The standard InChI is InChI=1S/C14H15NO5/c16-10-4-1-9(2-5-10)3-6-13(18)15-8-11(17)7-12(15)14(19)20/h1-6,11-12,16-17H,7-8H2,(H,19,20)/b6-3+. The van der Waals surface area contributed by atoms with E-state index in [0.29, 0.717) is 5.56 Å². The van der Waals surface area contributed by atoms with Crippen LogP contribution in [0.1, 0.15) is 12.0 Å². The Labute approximate surface area is 115 Å². The van der Waals surface area contributed by atoms with Crippen molar-refractivity contribution in [2.45, 2.75) is 18.6 Å². The number of benzene rings is 1. The summed E-state index contributed by atoms with van der Waals surface area (Å²) in [5, 5.41) is 27.6. The average Bonchev–Trinajstić information content (AvgIpc) is 2.80. The highest BCUT2D eigenvalue weighted by Crippen LogP contribution is 2.19. The van der Waals surface area contributed by atoms with Gasteiger partial charge >= 0.3 is 5.97 Å². The van der Waals surface area contributed by atoms with E-state index in [2.05, 4.69) is 0 Å². The number of hydrogen-bond acceptors (Lipinski definition) is 4. The predicted molar refractivity (Wildman–Crippen MR) is 70.9 cm³/mol. The van der Waals surface area contributed by atoms with Gasteiger partial charge in [-0.15, -0.1) is 0 Å². The van der Waals surface area contributed by atoms with Gasteiger partial charge < -0.3 is 20.2 Å². The van der Waals surface area contributed by atoms with Gasteiger partial charge in [0.05, 0.1) is 6.10 Å². The lowest BCUT2D eigenvalue weighted by Crippen LogP contribution is -2.39. The Balaban J connectivity index is 2.07. The molecule has 0 aromatic heterocycles. The van der Waals surface area contributed by atoms with Crippen LogP contribution in [0.4, 0.5) is 0 Å². The highest BCUT2D eigenvalue weighted by Gasteiger charge is 2.37. The van der Waals surface area contributed by atoms with Crippen molar-refractivity contribution in [3.8, 4) is 5.75 Å². The maximum atomic E-state index is 12.0. The van der Waals surface area contributed by atoms with Gasteiger partial charge in [-0.05, 0) is 23.8 Å². The number of nitrogens with zero attached hydrogens (tertiary/aromatic N) is 1. The molecule has 20 heavy (non-hydrogen) atoms. The molecule has 1 aromatic carbocycles. The Hall–Kier alpha value is -2.34. The molecule has 3 N–H and O–H groups in total. The fourth-order valence-corrected chi connectivity index (χ4v) is 2.14. The molecule has 1 aromatic rings. The highest BCUT2D eigenvalue weighted by molar-refractivity contribution is 5.94. The third-order valence-corrected chi connectivity index (χ3v) is 3.16. The van der Waals surface area contributed by atoms with Crippen LogP contribution in [0.15, 0.2) is 30.3 Å². The van der Waals surface area contributed by atoms with E-state index in [1.165, 1.54) is 24.3 Å². The fourth-order valence-electron chi connectivity index (χ4n) is 2.14. The maximum absolute atomic E-state index is 12.0. The van der Waals surface area contributed by atoms with Crippen molar-refractivity contribution in [3.63, 3.8) is 0 Å². The number of carbonyl (C=O) groups is 2. The molecule has 0 spiro atoms. The number of aromatic hydroxyl groups is 1. The zero-order valence-electron chi connectivity index (χ0n) is 10.6. The summed E-state index contributed by atoms with van der Waals surface area (Å²) in [5.41, 5.74) is 0.711. The summed E-state index contributed by atoms with van der Waals surface area (Å²) >= 11 is 0. The van der Waals surface area contributed by atoms with Gasteiger partial charge in [-0.25, -0.2) is 4.79 Å². The quantitative estimate of drug-likeness (QED) is 0.697.